The first kappa shape index (κ1) is 15.8. The highest BCUT2D eigenvalue weighted by Gasteiger charge is 2.25. The van der Waals surface area contributed by atoms with Crippen molar-refractivity contribution in [3.05, 3.63) is 57.2 Å². The van der Waals surface area contributed by atoms with E-state index in [4.69, 9.17) is 11.6 Å². The Morgan fingerprint density at radius 1 is 1.17 bits per heavy atom. The van der Waals surface area contributed by atoms with Gasteiger partial charge >= 0.3 is 5.97 Å². The Labute approximate surface area is 137 Å². The van der Waals surface area contributed by atoms with E-state index in [1.807, 2.05) is 0 Å². The maximum absolute atomic E-state index is 14.4. The number of benzene rings is 2. The van der Waals surface area contributed by atoms with Gasteiger partial charge in [-0.2, -0.15) is 0 Å². The first-order valence-corrected chi connectivity index (χ1v) is 7.60. The Morgan fingerprint density at radius 3 is 2.52 bits per heavy atom. The van der Waals surface area contributed by atoms with E-state index in [1.165, 1.54) is 12.1 Å². The molecule has 3 aromatic rings. The van der Waals surface area contributed by atoms with Crippen molar-refractivity contribution in [1.29, 1.82) is 0 Å². The second-order valence-corrected chi connectivity index (χ2v) is 6.40. The minimum atomic E-state index is -1.29. The van der Waals surface area contributed by atoms with Crippen molar-refractivity contribution in [3.63, 3.8) is 0 Å². The third kappa shape index (κ3) is 2.48. The van der Waals surface area contributed by atoms with Gasteiger partial charge in [-0.3, -0.25) is 0 Å². The lowest BCUT2D eigenvalue weighted by atomic mass is 9.98. The molecule has 0 saturated heterocycles. The molecule has 0 radical (unpaired) electrons. The number of carboxylic acid groups (broad SMARTS) is 1. The lowest BCUT2D eigenvalue weighted by Gasteiger charge is -2.08. The van der Waals surface area contributed by atoms with Crippen LogP contribution in [0.1, 0.15) is 15.2 Å². The van der Waals surface area contributed by atoms with Crippen molar-refractivity contribution in [2.24, 2.45) is 0 Å². The zero-order chi connectivity index (χ0) is 16.9. The van der Waals surface area contributed by atoms with E-state index < -0.39 is 29.0 Å². The molecule has 1 heterocycles. The second kappa shape index (κ2) is 5.54. The molecule has 7 heteroatoms. The van der Waals surface area contributed by atoms with Crippen LogP contribution in [0.15, 0.2) is 24.3 Å². The van der Waals surface area contributed by atoms with Gasteiger partial charge in [0.05, 0.1) is 0 Å². The van der Waals surface area contributed by atoms with Crippen LogP contribution >= 0.6 is 22.9 Å². The molecule has 1 N–H and O–H groups in total. The molecule has 3 rings (SSSR count). The number of fused-ring (bicyclic) bond motifs is 1. The molecule has 0 bridgehead atoms. The first-order chi connectivity index (χ1) is 10.8. The van der Waals surface area contributed by atoms with Gasteiger partial charge < -0.3 is 5.11 Å². The summed E-state index contributed by atoms with van der Waals surface area (Å²) in [4.78, 5) is 11.3. The Kier molecular flexibility index (Phi) is 3.82. The number of aromatic carboxylic acids is 1. The molecule has 0 fully saturated rings. The van der Waals surface area contributed by atoms with Gasteiger partial charge in [0, 0.05) is 31.8 Å². The largest absolute Gasteiger partial charge is 0.477 e. The second-order valence-electron chi connectivity index (χ2n) is 4.91. The van der Waals surface area contributed by atoms with Crippen LogP contribution in [0.2, 0.25) is 5.02 Å². The summed E-state index contributed by atoms with van der Waals surface area (Å²) in [6, 6.07) is 5.28. The number of hydrogen-bond acceptors (Lipinski definition) is 2. The van der Waals surface area contributed by atoms with Crippen molar-refractivity contribution >= 4 is 39.0 Å². The SMILES string of the molecule is Cc1c(F)c(F)cc(-c2c(C(=O)O)sc3cc(Cl)ccc23)c1F. The fourth-order valence-corrected chi connectivity index (χ4v) is 3.73. The number of rotatable bonds is 2. The molecule has 2 nitrogen and oxygen atoms in total. The number of carbonyl (C=O) groups is 1. The quantitative estimate of drug-likeness (QED) is 0.603. The summed E-state index contributed by atoms with van der Waals surface area (Å²) in [6.45, 7) is 1.10. The Bertz CT molecular complexity index is 966. The molecule has 0 unspecified atom stereocenters. The van der Waals surface area contributed by atoms with Crippen molar-refractivity contribution in [2.75, 3.05) is 0 Å². The summed E-state index contributed by atoms with van der Waals surface area (Å²) < 4.78 is 42.2. The highest BCUT2D eigenvalue weighted by molar-refractivity contribution is 7.21. The number of hydrogen-bond donors (Lipinski definition) is 1. The van der Waals surface area contributed by atoms with Crippen molar-refractivity contribution in [1.82, 2.24) is 0 Å². The molecule has 118 valence electrons. The summed E-state index contributed by atoms with van der Waals surface area (Å²) in [7, 11) is 0. The summed E-state index contributed by atoms with van der Waals surface area (Å²) >= 11 is 6.78. The topological polar surface area (TPSA) is 37.3 Å². The van der Waals surface area contributed by atoms with Crippen LogP contribution in [0.5, 0.6) is 0 Å². The third-order valence-corrected chi connectivity index (χ3v) is 4.87. The lowest BCUT2D eigenvalue weighted by molar-refractivity contribution is 0.0703. The monoisotopic (exact) mass is 356 g/mol. The van der Waals surface area contributed by atoms with Crippen LogP contribution in [0.25, 0.3) is 21.2 Å². The van der Waals surface area contributed by atoms with Crippen LogP contribution in [-0.4, -0.2) is 11.1 Å². The zero-order valence-electron chi connectivity index (χ0n) is 11.6. The van der Waals surface area contributed by atoms with Gasteiger partial charge in [0.1, 0.15) is 10.7 Å². The average molecular weight is 357 g/mol. The van der Waals surface area contributed by atoms with Crippen molar-refractivity contribution < 1.29 is 23.1 Å². The molecule has 2 aromatic carbocycles. The smallest absolute Gasteiger partial charge is 0.346 e. The van der Waals surface area contributed by atoms with E-state index in [1.54, 1.807) is 6.07 Å². The van der Waals surface area contributed by atoms with Gasteiger partial charge in [-0.05, 0) is 25.1 Å². The Balaban J connectivity index is 2.45. The van der Waals surface area contributed by atoms with Gasteiger partial charge in [-0.1, -0.05) is 17.7 Å². The predicted molar refractivity (Wildman–Crippen MR) is 83.8 cm³/mol. The van der Waals surface area contributed by atoms with Gasteiger partial charge in [-0.15, -0.1) is 11.3 Å². The van der Waals surface area contributed by atoms with Crippen LogP contribution in [-0.2, 0) is 0 Å². The molecule has 23 heavy (non-hydrogen) atoms. The highest BCUT2D eigenvalue weighted by atomic mass is 35.5. The van der Waals surface area contributed by atoms with E-state index in [2.05, 4.69) is 0 Å². The normalized spacial score (nSPS) is 11.2. The van der Waals surface area contributed by atoms with Gasteiger partial charge in [0.2, 0.25) is 0 Å². The molecule has 0 spiro atoms. The molecule has 0 aliphatic rings. The van der Waals surface area contributed by atoms with Gasteiger partial charge in [0.25, 0.3) is 0 Å². The van der Waals surface area contributed by atoms with Crippen LogP contribution in [0, 0.1) is 24.4 Å². The fourth-order valence-electron chi connectivity index (χ4n) is 2.40. The van der Waals surface area contributed by atoms with E-state index in [9.17, 15) is 23.1 Å². The summed E-state index contributed by atoms with van der Waals surface area (Å²) in [5, 5.41) is 10.2. The zero-order valence-corrected chi connectivity index (χ0v) is 13.2. The molecule has 0 aliphatic heterocycles. The summed E-state index contributed by atoms with van der Waals surface area (Å²) in [5.41, 5.74) is -0.759. The average Bonchev–Trinajstić information content (AvgIpc) is 2.87. The minimum Gasteiger partial charge on any atom is -0.477 e. The first-order valence-electron chi connectivity index (χ1n) is 6.41. The fraction of sp³-hybridized carbons (Fsp3) is 0.0625. The minimum absolute atomic E-state index is 0.0219. The number of thiophene rings is 1. The summed E-state index contributed by atoms with van der Waals surface area (Å²) in [5.74, 6) is -4.78. The molecule has 0 atom stereocenters. The van der Waals surface area contributed by atoms with E-state index in [0.717, 1.165) is 18.3 Å². The molecular formula is C16H8ClF3O2S. The van der Waals surface area contributed by atoms with E-state index in [0.29, 0.717) is 21.2 Å². The summed E-state index contributed by atoms with van der Waals surface area (Å²) in [6.07, 6.45) is 0. The predicted octanol–water partition coefficient (Wildman–Crippen LogP) is 5.65. The van der Waals surface area contributed by atoms with Gasteiger partial charge in [0.15, 0.2) is 11.6 Å². The van der Waals surface area contributed by atoms with Crippen LogP contribution in [0.4, 0.5) is 13.2 Å². The number of carboxylic acids is 1. The maximum atomic E-state index is 14.4. The van der Waals surface area contributed by atoms with Crippen LogP contribution in [0.3, 0.4) is 0 Å². The van der Waals surface area contributed by atoms with Gasteiger partial charge in [-0.25, -0.2) is 18.0 Å². The molecule has 0 amide bonds. The molecule has 1 aromatic heterocycles. The van der Waals surface area contributed by atoms with E-state index >= 15 is 0 Å². The van der Waals surface area contributed by atoms with Crippen molar-refractivity contribution in [2.45, 2.75) is 6.92 Å². The maximum Gasteiger partial charge on any atom is 0.346 e. The molecular weight excluding hydrogens is 349 g/mol. The number of halogens is 4. The van der Waals surface area contributed by atoms with Crippen LogP contribution < -0.4 is 0 Å². The van der Waals surface area contributed by atoms with Crippen molar-refractivity contribution in [3.8, 4) is 11.1 Å². The van der Waals surface area contributed by atoms with E-state index in [-0.39, 0.29) is 16.0 Å². The third-order valence-electron chi connectivity index (χ3n) is 3.49. The Morgan fingerprint density at radius 2 is 1.87 bits per heavy atom. The lowest BCUT2D eigenvalue weighted by Crippen LogP contribution is -2.00. The standard InChI is InChI=1S/C16H8ClF3O2S/c1-6-13(19)9(5-10(18)14(6)20)12-8-3-2-7(17)4-11(8)23-15(12)16(21)22/h2-5H,1H3,(H,21,22). The Hall–Kier alpha value is -2.05. The molecule has 0 aliphatic carbocycles. The molecule has 0 saturated carbocycles. The highest BCUT2D eigenvalue weighted by Crippen LogP contribution is 2.42.